The predicted molar refractivity (Wildman–Crippen MR) is 120 cm³/mol. The second-order valence-corrected chi connectivity index (χ2v) is 8.09. The lowest BCUT2D eigenvalue weighted by atomic mass is 10.1. The third-order valence-corrected chi connectivity index (χ3v) is 6.13. The summed E-state index contributed by atoms with van der Waals surface area (Å²) in [4.78, 5) is 19.9. The van der Waals surface area contributed by atoms with E-state index >= 15 is 0 Å². The lowest BCUT2D eigenvalue weighted by Gasteiger charge is -2.38. The zero-order valence-corrected chi connectivity index (χ0v) is 18.0. The van der Waals surface area contributed by atoms with E-state index < -0.39 is 0 Å². The van der Waals surface area contributed by atoms with E-state index in [0.29, 0.717) is 6.54 Å². The molecule has 0 atom stereocenters. The highest BCUT2D eigenvalue weighted by Crippen LogP contribution is 2.30. The molecule has 0 radical (unpaired) electrons. The maximum Gasteiger partial charge on any atom is 0.256 e. The van der Waals surface area contributed by atoms with E-state index in [1.54, 1.807) is 0 Å². The summed E-state index contributed by atoms with van der Waals surface area (Å²) in [6.45, 7) is 10.4. The van der Waals surface area contributed by atoms with Crippen LogP contribution in [0.3, 0.4) is 0 Å². The van der Waals surface area contributed by atoms with Crippen molar-refractivity contribution < 1.29 is 4.79 Å². The van der Waals surface area contributed by atoms with E-state index in [2.05, 4.69) is 52.6 Å². The third-order valence-electron chi connectivity index (χ3n) is 5.88. The van der Waals surface area contributed by atoms with Crippen LogP contribution in [0.4, 0.5) is 5.69 Å². The summed E-state index contributed by atoms with van der Waals surface area (Å²) in [6, 6.07) is 10.1. The van der Waals surface area contributed by atoms with Crippen molar-refractivity contribution in [1.82, 2.24) is 14.4 Å². The molecule has 1 amide bonds. The van der Waals surface area contributed by atoms with Gasteiger partial charge in [0.2, 0.25) is 0 Å². The maximum absolute atomic E-state index is 13.1. The molecule has 1 saturated heterocycles. The van der Waals surface area contributed by atoms with Crippen molar-refractivity contribution in [3.8, 4) is 0 Å². The van der Waals surface area contributed by atoms with Crippen LogP contribution in [-0.2, 0) is 6.54 Å². The molecule has 154 valence electrons. The molecule has 2 aliphatic rings. The lowest BCUT2D eigenvalue weighted by molar-refractivity contribution is 0.0775. The normalized spacial score (nSPS) is 17.3. The SMILES string of the molecule is CCCN1CC=C(N2CCN(c3ccc(Cl)cc3)CC2)c2c(ccn2CC)C1=O. The number of aromatic nitrogens is 1. The Hall–Kier alpha value is -2.40. The van der Waals surface area contributed by atoms with Crippen LogP contribution < -0.4 is 4.90 Å². The monoisotopic (exact) mass is 412 g/mol. The number of piperazine rings is 1. The summed E-state index contributed by atoms with van der Waals surface area (Å²) in [5, 5.41) is 0.769. The number of carbonyl (C=O) groups is 1. The van der Waals surface area contributed by atoms with Crippen molar-refractivity contribution in [3.63, 3.8) is 0 Å². The van der Waals surface area contributed by atoms with Gasteiger partial charge in [-0.3, -0.25) is 4.79 Å². The molecule has 2 aromatic rings. The second-order valence-electron chi connectivity index (χ2n) is 7.66. The number of aryl methyl sites for hydroxylation is 1. The Kier molecular flexibility index (Phi) is 5.86. The largest absolute Gasteiger partial charge is 0.368 e. The number of fused-ring (bicyclic) bond motifs is 1. The quantitative estimate of drug-likeness (QED) is 0.737. The van der Waals surface area contributed by atoms with Gasteiger partial charge < -0.3 is 19.3 Å². The van der Waals surface area contributed by atoms with Gasteiger partial charge in [0, 0.05) is 62.7 Å². The van der Waals surface area contributed by atoms with Crippen molar-refractivity contribution in [2.75, 3.05) is 44.2 Å². The molecule has 0 spiro atoms. The van der Waals surface area contributed by atoms with E-state index in [1.807, 2.05) is 23.1 Å². The molecule has 0 saturated carbocycles. The van der Waals surface area contributed by atoms with Gasteiger partial charge in [0.1, 0.15) is 0 Å². The molecule has 0 unspecified atom stereocenters. The smallest absolute Gasteiger partial charge is 0.256 e. The Balaban J connectivity index is 1.58. The number of benzene rings is 1. The van der Waals surface area contributed by atoms with Crippen molar-refractivity contribution in [2.24, 2.45) is 0 Å². The lowest BCUT2D eigenvalue weighted by Crippen LogP contribution is -2.45. The number of halogens is 1. The van der Waals surface area contributed by atoms with E-state index in [-0.39, 0.29) is 5.91 Å². The van der Waals surface area contributed by atoms with Gasteiger partial charge in [-0.25, -0.2) is 0 Å². The average molecular weight is 413 g/mol. The van der Waals surface area contributed by atoms with Crippen molar-refractivity contribution in [1.29, 1.82) is 0 Å². The van der Waals surface area contributed by atoms with Gasteiger partial charge in [-0.05, 0) is 49.8 Å². The molecule has 0 aliphatic carbocycles. The molecule has 6 heteroatoms. The highest BCUT2D eigenvalue weighted by atomic mass is 35.5. The number of carbonyl (C=O) groups excluding carboxylic acids is 1. The number of nitrogens with zero attached hydrogens (tertiary/aromatic N) is 4. The van der Waals surface area contributed by atoms with Crippen molar-refractivity contribution >= 4 is 28.9 Å². The Morgan fingerprint density at radius 3 is 2.31 bits per heavy atom. The van der Waals surface area contributed by atoms with Crippen LogP contribution in [0.2, 0.25) is 5.02 Å². The zero-order chi connectivity index (χ0) is 20.4. The molecule has 1 aromatic carbocycles. The fourth-order valence-electron chi connectivity index (χ4n) is 4.34. The molecule has 2 aliphatic heterocycles. The topological polar surface area (TPSA) is 31.7 Å². The standard InChI is InChI=1S/C23H29ClN4O/c1-3-11-28-13-10-21(22-20(23(28)29)9-12-25(22)4-2)27-16-14-26(15-17-27)19-7-5-18(24)6-8-19/h5-10,12H,3-4,11,13-17H2,1-2H3. The van der Waals surface area contributed by atoms with E-state index in [1.165, 1.54) is 11.4 Å². The third kappa shape index (κ3) is 3.88. The summed E-state index contributed by atoms with van der Waals surface area (Å²) >= 11 is 6.03. The van der Waals surface area contributed by atoms with Gasteiger partial charge in [0.25, 0.3) is 5.91 Å². The Labute approximate surface area is 178 Å². The number of hydrogen-bond donors (Lipinski definition) is 0. The summed E-state index contributed by atoms with van der Waals surface area (Å²) in [5.41, 5.74) is 4.33. The number of rotatable bonds is 5. The Morgan fingerprint density at radius 2 is 1.66 bits per heavy atom. The first-order chi connectivity index (χ1) is 14.1. The molecule has 5 nitrogen and oxygen atoms in total. The summed E-state index contributed by atoms with van der Waals surface area (Å²) in [7, 11) is 0. The van der Waals surface area contributed by atoms with Gasteiger partial charge in [-0.1, -0.05) is 18.5 Å². The summed E-state index contributed by atoms with van der Waals surface area (Å²) in [6.07, 6.45) is 5.28. The van der Waals surface area contributed by atoms with Crippen LogP contribution in [-0.4, -0.2) is 59.5 Å². The first-order valence-corrected chi connectivity index (χ1v) is 10.9. The maximum atomic E-state index is 13.1. The van der Waals surface area contributed by atoms with E-state index in [0.717, 1.165) is 62.0 Å². The number of anilines is 1. The van der Waals surface area contributed by atoms with Gasteiger partial charge in [0.05, 0.1) is 17.0 Å². The fourth-order valence-corrected chi connectivity index (χ4v) is 4.47. The molecule has 0 N–H and O–H groups in total. The van der Waals surface area contributed by atoms with E-state index in [4.69, 9.17) is 11.6 Å². The Bertz CT molecular complexity index is 894. The zero-order valence-electron chi connectivity index (χ0n) is 17.3. The highest BCUT2D eigenvalue weighted by Gasteiger charge is 2.29. The van der Waals surface area contributed by atoms with Crippen LogP contribution >= 0.6 is 11.6 Å². The summed E-state index contributed by atoms with van der Waals surface area (Å²) < 4.78 is 2.21. The first kappa shape index (κ1) is 19.9. The Morgan fingerprint density at radius 1 is 0.966 bits per heavy atom. The van der Waals surface area contributed by atoms with Gasteiger partial charge >= 0.3 is 0 Å². The molecule has 29 heavy (non-hydrogen) atoms. The summed E-state index contributed by atoms with van der Waals surface area (Å²) in [5.74, 6) is 0.153. The van der Waals surface area contributed by atoms with Crippen LogP contribution in [0, 0.1) is 0 Å². The second kappa shape index (κ2) is 8.54. The van der Waals surface area contributed by atoms with Crippen LogP contribution in [0.5, 0.6) is 0 Å². The molecule has 1 aromatic heterocycles. The van der Waals surface area contributed by atoms with Crippen LogP contribution in [0.25, 0.3) is 5.70 Å². The van der Waals surface area contributed by atoms with Gasteiger partial charge in [0.15, 0.2) is 0 Å². The molecule has 4 rings (SSSR count). The minimum Gasteiger partial charge on any atom is -0.368 e. The van der Waals surface area contributed by atoms with Crippen molar-refractivity contribution in [2.45, 2.75) is 26.8 Å². The van der Waals surface area contributed by atoms with Crippen LogP contribution in [0.15, 0.2) is 42.6 Å². The molecular weight excluding hydrogens is 384 g/mol. The average Bonchev–Trinajstić information content (AvgIpc) is 3.12. The molecule has 1 fully saturated rings. The first-order valence-electron chi connectivity index (χ1n) is 10.6. The molecular formula is C23H29ClN4O. The number of hydrogen-bond acceptors (Lipinski definition) is 3. The number of amides is 1. The fraction of sp³-hybridized carbons (Fsp3) is 0.435. The van der Waals surface area contributed by atoms with Gasteiger partial charge in [-0.2, -0.15) is 0 Å². The minimum absolute atomic E-state index is 0.153. The highest BCUT2D eigenvalue weighted by molar-refractivity contribution is 6.30. The van der Waals surface area contributed by atoms with E-state index in [9.17, 15) is 4.79 Å². The predicted octanol–water partition coefficient (Wildman–Crippen LogP) is 4.19. The van der Waals surface area contributed by atoms with Crippen LogP contribution in [0.1, 0.15) is 36.3 Å². The van der Waals surface area contributed by atoms with Gasteiger partial charge in [-0.15, -0.1) is 0 Å². The molecule has 0 bridgehead atoms. The minimum atomic E-state index is 0.153. The molecule has 3 heterocycles. The van der Waals surface area contributed by atoms with Crippen molar-refractivity contribution in [3.05, 3.63) is 58.9 Å².